The normalized spacial score (nSPS) is 9.75. The lowest BCUT2D eigenvalue weighted by atomic mass is 10.4. The van der Waals surface area contributed by atoms with Gasteiger partial charge in [-0.05, 0) is 20.8 Å². The number of urea groups is 1. The fraction of sp³-hybridized carbons (Fsp3) is 0.818. The molecule has 0 aromatic rings. The van der Waals surface area contributed by atoms with Crippen LogP contribution in [-0.4, -0.2) is 55.1 Å². The van der Waals surface area contributed by atoms with Crippen LogP contribution in [0.4, 0.5) is 4.79 Å². The van der Waals surface area contributed by atoms with Crippen molar-refractivity contribution >= 4 is 12.0 Å². The van der Waals surface area contributed by atoms with Crippen molar-refractivity contribution in [2.75, 3.05) is 33.3 Å². The van der Waals surface area contributed by atoms with Crippen molar-refractivity contribution in [1.82, 2.24) is 9.80 Å². The van der Waals surface area contributed by atoms with Crippen molar-refractivity contribution < 1.29 is 14.3 Å². The zero-order chi connectivity index (χ0) is 12.6. The molecule has 0 heterocycles. The lowest BCUT2D eigenvalue weighted by molar-refractivity contribution is -0.140. The van der Waals surface area contributed by atoms with Gasteiger partial charge in [-0.3, -0.25) is 4.79 Å². The molecule has 0 N–H and O–H groups in total. The number of amides is 2. The summed E-state index contributed by atoms with van der Waals surface area (Å²) in [6.07, 6.45) is 0.247. The fourth-order valence-electron chi connectivity index (χ4n) is 1.41. The van der Waals surface area contributed by atoms with E-state index in [0.29, 0.717) is 26.2 Å². The Morgan fingerprint density at radius 2 is 1.50 bits per heavy atom. The van der Waals surface area contributed by atoms with Gasteiger partial charge in [0.1, 0.15) is 0 Å². The molecule has 0 aliphatic heterocycles. The maximum absolute atomic E-state index is 11.9. The topological polar surface area (TPSA) is 49.9 Å². The van der Waals surface area contributed by atoms with Crippen LogP contribution in [0.3, 0.4) is 0 Å². The smallest absolute Gasteiger partial charge is 0.319 e. The van der Waals surface area contributed by atoms with Crippen molar-refractivity contribution in [3.05, 3.63) is 0 Å². The van der Waals surface area contributed by atoms with Crippen molar-refractivity contribution in [2.45, 2.75) is 27.2 Å². The summed E-state index contributed by atoms with van der Waals surface area (Å²) in [6, 6.07) is -0.0172. The predicted molar refractivity (Wildman–Crippen MR) is 62.2 cm³/mol. The molecule has 2 amide bonds. The molecule has 94 valence electrons. The van der Waals surface area contributed by atoms with E-state index in [2.05, 4.69) is 4.74 Å². The van der Waals surface area contributed by atoms with Gasteiger partial charge in [-0.1, -0.05) is 0 Å². The van der Waals surface area contributed by atoms with Gasteiger partial charge in [0.25, 0.3) is 0 Å². The van der Waals surface area contributed by atoms with E-state index in [1.165, 1.54) is 7.11 Å². The van der Waals surface area contributed by atoms with Gasteiger partial charge in [-0.15, -0.1) is 0 Å². The van der Waals surface area contributed by atoms with Gasteiger partial charge in [0.05, 0.1) is 13.5 Å². The van der Waals surface area contributed by atoms with E-state index in [9.17, 15) is 9.59 Å². The van der Waals surface area contributed by atoms with Crippen molar-refractivity contribution in [2.24, 2.45) is 0 Å². The molecule has 0 aliphatic carbocycles. The number of ether oxygens (including phenoxy) is 1. The number of hydrogen-bond donors (Lipinski definition) is 0. The molecule has 5 heteroatoms. The molecule has 0 saturated carbocycles. The number of carbonyl (C=O) groups excluding carboxylic acids is 2. The molecule has 0 fully saturated rings. The summed E-state index contributed by atoms with van der Waals surface area (Å²) in [5.41, 5.74) is 0. The standard InChI is InChI=1S/C11H22N2O3/c1-5-12(6-2)11(15)13(7-3)9-8-10(14)16-4/h5-9H2,1-4H3. The van der Waals surface area contributed by atoms with Crippen molar-refractivity contribution in [3.8, 4) is 0 Å². The lowest BCUT2D eigenvalue weighted by Gasteiger charge is -2.28. The molecule has 0 spiro atoms. The third-order valence-corrected chi connectivity index (χ3v) is 2.50. The number of rotatable bonds is 6. The van der Waals surface area contributed by atoms with Crippen LogP contribution in [0.15, 0.2) is 0 Å². The third kappa shape index (κ3) is 4.51. The number of nitrogens with zero attached hydrogens (tertiary/aromatic N) is 2. The largest absolute Gasteiger partial charge is 0.469 e. The van der Waals surface area contributed by atoms with Crippen LogP contribution in [-0.2, 0) is 9.53 Å². The van der Waals surface area contributed by atoms with Gasteiger partial charge < -0.3 is 14.5 Å². The number of carbonyl (C=O) groups is 2. The van der Waals surface area contributed by atoms with Crippen LogP contribution in [0.5, 0.6) is 0 Å². The van der Waals surface area contributed by atoms with E-state index < -0.39 is 0 Å². The second-order valence-corrected chi connectivity index (χ2v) is 3.36. The SMILES string of the molecule is CCN(CC)C(=O)N(CC)CCC(=O)OC. The average Bonchev–Trinajstić information content (AvgIpc) is 2.31. The highest BCUT2D eigenvalue weighted by atomic mass is 16.5. The monoisotopic (exact) mass is 230 g/mol. The summed E-state index contributed by atoms with van der Waals surface area (Å²) >= 11 is 0. The van der Waals surface area contributed by atoms with E-state index in [0.717, 1.165) is 0 Å². The molecular formula is C11H22N2O3. The van der Waals surface area contributed by atoms with Crippen LogP contribution >= 0.6 is 0 Å². The first-order valence-electron chi connectivity index (χ1n) is 5.71. The van der Waals surface area contributed by atoms with Crippen LogP contribution in [0.2, 0.25) is 0 Å². The molecule has 0 saturated heterocycles. The molecule has 0 rings (SSSR count). The van der Waals surface area contributed by atoms with Gasteiger partial charge in [-0.25, -0.2) is 4.79 Å². The first kappa shape index (κ1) is 14.7. The van der Waals surface area contributed by atoms with E-state index >= 15 is 0 Å². The Morgan fingerprint density at radius 3 is 1.88 bits per heavy atom. The Morgan fingerprint density at radius 1 is 1.00 bits per heavy atom. The van der Waals surface area contributed by atoms with E-state index in [-0.39, 0.29) is 18.4 Å². The summed E-state index contributed by atoms with van der Waals surface area (Å²) in [7, 11) is 1.35. The molecule has 0 radical (unpaired) electrons. The Bertz CT molecular complexity index is 227. The minimum atomic E-state index is -0.286. The average molecular weight is 230 g/mol. The molecule has 0 aromatic heterocycles. The lowest BCUT2D eigenvalue weighted by Crippen LogP contribution is -2.43. The highest BCUT2D eigenvalue weighted by Gasteiger charge is 2.17. The van der Waals surface area contributed by atoms with Crippen molar-refractivity contribution in [1.29, 1.82) is 0 Å². The van der Waals surface area contributed by atoms with Crippen molar-refractivity contribution in [3.63, 3.8) is 0 Å². The minimum absolute atomic E-state index is 0.0172. The quantitative estimate of drug-likeness (QED) is 0.647. The van der Waals surface area contributed by atoms with Gasteiger partial charge in [-0.2, -0.15) is 0 Å². The summed E-state index contributed by atoms with van der Waals surface area (Å²) < 4.78 is 4.55. The predicted octanol–water partition coefficient (Wildman–Crippen LogP) is 1.33. The Balaban J connectivity index is 4.26. The molecule has 16 heavy (non-hydrogen) atoms. The van der Waals surface area contributed by atoms with E-state index in [1.807, 2.05) is 20.8 Å². The fourth-order valence-corrected chi connectivity index (χ4v) is 1.41. The number of esters is 1. The Kier molecular flexibility index (Phi) is 7.33. The molecule has 0 bridgehead atoms. The third-order valence-electron chi connectivity index (χ3n) is 2.50. The summed E-state index contributed by atoms with van der Waals surface area (Å²) in [5.74, 6) is -0.286. The molecule has 0 aliphatic rings. The Hall–Kier alpha value is -1.26. The van der Waals surface area contributed by atoms with Crippen LogP contribution in [0.25, 0.3) is 0 Å². The zero-order valence-electron chi connectivity index (χ0n) is 10.7. The van der Waals surface area contributed by atoms with E-state index in [1.54, 1.807) is 9.80 Å². The maximum atomic E-state index is 11.9. The van der Waals surface area contributed by atoms with Crippen LogP contribution < -0.4 is 0 Å². The highest BCUT2D eigenvalue weighted by molar-refractivity contribution is 5.75. The molecule has 0 unspecified atom stereocenters. The minimum Gasteiger partial charge on any atom is -0.469 e. The van der Waals surface area contributed by atoms with Gasteiger partial charge in [0.15, 0.2) is 0 Å². The number of hydrogen-bond acceptors (Lipinski definition) is 3. The molecule has 0 aromatic carbocycles. The summed E-state index contributed by atoms with van der Waals surface area (Å²) in [4.78, 5) is 26.3. The summed E-state index contributed by atoms with van der Waals surface area (Å²) in [5, 5.41) is 0. The Labute approximate surface area is 97.3 Å². The zero-order valence-corrected chi connectivity index (χ0v) is 10.7. The molecule has 0 atom stereocenters. The molecular weight excluding hydrogens is 208 g/mol. The van der Waals surface area contributed by atoms with Crippen LogP contribution in [0, 0.1) is 0 Å². The second-order valence-electron chi connectivity index (χ2n) is 3.36. The second kappa shape index (κ2) is 7.96. The van der Waals surface area contributed by atoms with Gasteiger partial charge in [0, 0.05) is 26.2 Å². The van der Waals surface area contributed by atoms with Gasteiger partial charge >= 0.3 is 12.0 Å². The van der Waals surface area contributed by atoms with E-state index in [4.69, 9.17) is 0 Å². The molecule has 5 nitrogen and oxygen atoms in total. The maximum Gasteiger partial charge on any atom is 0.319 e. The van der Waals surface area contributed by atoms with Crippen LogP contribution in [0.1, 0.15) is 27.2 Å². The first-order valence-corrected chi connectivity index (χ1v) is 5.71. The number of methoxy groups -OCH3 is 1. The van der Waals surface area contributed by atoms with Gasteiger partial charge in [0.2, 0.25) is 0 Å². The summed E-state index contributed by atoms with van der Waals surface area (Å²) in [6.45, 7) is 8.17. The highest BCUT2D eigenvalue weighted by Crippen LogP contribution is 2.01. The first-order chi connectivity index (χ1) is 7.60.